The highest BCUT2D eigenvalue weighted by atomic mass is 16.5. The number of esters is 1. The second-order valence-corrected chi connectivity index (χ2v) is 4.15. The molecule has 1 N–H and O–H groups in total. The van der Waals surface area contributed by atoms with Crippen LogP contribution < -0.4 is 4.90 Å². The van der Waals surface area contributed by atoms with Crippen LogP contribution in [-0.2, 0) is 14.3 Å². The van der Waals surface area contributed by atoms with Crippen LogP contribution in [0.25, 0.3) is 5.76 Å². The maximum absolute atomic E-state index is 12.2. The average Bonchev–Trinajstić information content (AvgIpc) is 2.54. The molecule has 0 spiro atoms. The van der Waals surface area contributed by atoms with Gasteiger partial charge in [0.15, 0.2) is 0 Å². The molecule has 0 saturated heterocycles. The summed E-state index contributed by atoms with van der Waals surface area (Å²) in [7, 11) is 1.22. The van der Waals surface area contributed by atoms with Gasteiger partial charge in [0.05, 0.1) is 24.8 Å². The lowest BCUT2D eigenvalue weighted by atomic mass is 10.1. The molecular weight excluding hydrogens is 246 g/mol. The summed E-state index contributed by atoms with van der Waals surface area (Å²) in [6.07, 6.45) is -0.166. The van der Waals surface area contributed by atoms with Gasteiger partial charge in [-0.3, -0.25) is 4.79 Å². The van der Waals surface area contributed by atoms with Crippen LogP contribution in [0, 0.1) is 0 Å². The molecule has 100 valence electrons. The van der Waals surface area contributed by atoms with Crippen LogP contribution >= 0.6 is 0 Å². The zero-order valence-corrected chi connectivity index (χ0v) is 10.8. The van der Waals surface area contributed by atoms with Crippen LogP contribution in [0.15, 0.2) is 29.8 Å². The number of aliphatic hydroxyl groups excluding tert-OH is 1. The van der Waals surface area contributed by atoms with Gasteiger partial charge in [-0.2, -0.15) is 0 Å². The van der Waals surface area contributed by atoms with E-state index < -0.39 is 5.97 Å². The standard InChI is InChI=1S/C14H15NO4/c1-3-15-11-7-5-4-6-9(11)13(17)10(8-12(15)16)14(18)19-2/h4-7,17H,3,8H2,1-2H3. The summed E-state index contributed by atoms with van der Waals surface area (Å²) in [6, 6.07) is 6.95. The molecule has 19 heavy (non-hydrogen) atoms. The lowest BCUT2D eigenvalue weighted by Crippen LogP contribution is -2.30. The predicted molar refractivity (Wildman–Crippen MR) is 70.7 cm³/mol. The molecule has 1 aromatic rings. The molecule has 0 radical (unpaired) electrons. The van der Waals surface area contributed by atoms with Crippen LogP contribution in [0.5, 0.6) is 0 Å². The number of ether oxygens (including phenoxy) is 1. The van der Waals surface area contributed by atoms with E-state index in [2.05, 4.69) is 4.74 Å². The van der Waals surface area contributed by atoms with Gasteiger partial charge < -0.3 is 14.7 Å². The van der Waals surface area contributed by atoms with E-state index in [0.717, 1.165) is 0 Å². The van der Waals surface area contributed by atoms with Crippen molar-refractivity contribution in [1.82, 2.24) is 0 Å². The Labute approximate surface area is 111 Å². The van der Waals surface area contributed by atoms with Gasteiger partial charge >= 0.3 is 5.97 Å². The van der Waals surface area contributed by atoms with Gasteiger partial charge in [0.25, 0.3) is 0 Å². The number of methoxy groups -OCH3 is 1. The topological polar surface area (TPSA) is 66.8 Å². The Morgan fingerprint density at radius 2 is 2.11 bits per heavy atom. The smallest absolute Gasteiger partial charge is 0.338 e. The Morgan fingerprint density at radius 1 is 1.42 bits per heavy atom. The number of carbonyl (C=O) groups excluding carboxylic acids is 2. The first-order chi connectivity index (χ1) is 9.10. The lowest BCUT2D eigenvalue weighted by Gasteiger charge is -2.20. The molecule has 2 rings (SSSR count). The van der Waals surface area contributed by atoms with Gasteiger partial charge in [-0.1, -0.05) is 12.1 Å². The van der Waals surface area contributed by atoms with E-state index in [1.165, 1.54) is 7.11 Å². The van der Waals surface area contributed by atoms with E-state index in [1.54, 1.807) is 29.2 Å². The molecular formula is C14H15NO4. The molecule has 5 heteroatoms. The van der Waals surface area contributed by atoms with Crippen molar-refractivity contribution >= 4 is 23.3 Å². The Kier molecular flexibility index (Phi) is 3.55. The van der Waals surface area contributed by atoms with Gasteiger partial charge in [-0.05, 0) is 19.1 Å². The number of hydrogen-bond donors (Lipinski definition) is 1. The summed E-state index contributed by atoms with van der Waals surface area (Å²) in [6.45, 7) is 2.31. The Morgan fingerprint density at radius 3 is 2.74 bits per heavy atom. The van der Waals surface area contributed by atoms with E-state index in [9.17, 15) is 14.7 Å². The average molecular weight is 261 g/mol. The van der Waals surface area contributed by atoms with Crippen LogP contribution in [0.2, 0.25) is 0 Å². The quantitative estimate of drug-likeness (QED) is 0.825. The molecule has 5 nitrogen and oxygen atoms in total. The minimum Gasteiger partial charge on any atom is -0.507 e. The van der Waals surface area contributed by atoms with Gasteiger partial charge in [-0.25, -0.2) is 4.79 Å². The molecule has 0 aromatic heterocycles. The number of nitrogens with zero attached hydrogens (tertiary/aromatic N) is 1. The van der Waals surface area contributed by atoms with Crippen molar-refractivity contribution in [2.75, 3.05) is 18.6 Å². The summed E-state index contributed by atoms with van der Waals surface area (Å²) in [5.74, 6) is -1.11. The molecule has 1 aromatic carbocycles. The number of carbonyl (C=O) groups is 2. The minimum absolute atomic E-state index is 0.00380. The highest BCUT2D eigenvalue weighted by Crippen LogP contribution is 2.33. The number of aliphatic hydroxyl groups is 1. The molecule has 1 aliphatic heterocycles. The summed E-state index contributed by atoms with van der Waals surface area (Å²) >= 11 is 0. The van der Waals surface area contributed by atoms with E-state index in [1.807, 2.05) is 6.92 Å². The maximum Gasteiger partial charge on any atom is 0.338 e. The van der Waals surface area contributed by atoms with Crippen molar-refractivity contribution < 1.29 is 19.4 Å². The number of para-hydroxylation sites is 1. The molecule has 0 atom stereocenters. The zero-order chi connectivity index (χ0) is 14.0. The summed E-state index contributed by atoms with van der Waals surface area (Å²) in [5, 5.41) is 10.2. The first-order valence-electron chi connectivity index (χ1n) is 6.00. The van der Waals surface area contributed by atoms with Gasteiger partial charge in [0.2, 0.25) is 5.91 Å². The number of rotatable bonds is 2. The SMILES string of the molecule is CCN1C(=O)CC(C(=O)OC)=C(O)c2ccccc21. The summed E-state index contributed by atoms with van der Waals surface area (Å²) in [4.78, 5) is 25.4. The molecule has 0 saturated carbocycles. The first-order valence-corrected chi connectivity index (χ1v) is 6.00. The number of fused-ring (bicyclic) bond motifs is 1. The van der Waals surface area contributed by atoms with Crippen LogP contribution in [0.4, 0.5) is 5.69 Å². The fourth-order valence-corrected chi connectivity index (χ4v) is 2.18. The van der Waals surface area contributed by atoms with Crippen molar-refractivity contribution in [2.45, 2.75) is 13.3 Å². The molecule has 1 aliphatic rings. The zero-order valence-electron chi connectivity index (χ0n) is 10.8. The Hall–Kier alpha value is -2.30. The van der Waals surface area contributed by atoms with Crippen molar-refractivity contribution in [3.63, 3.8) is 0 Å². The fraction of sp³-hybridized carbons (Fsp3) is 0.286. The third kappa shape index (κ3) is 2.19. The van der Waals surface area contributed by atoms with E-state index in [-0.39, 0.29) is 23.7 Å². The molecule has 0 unspecified atom stereocenters. The van der Waals surface area contributed by atoms with E-state index in [4.69, 9.17) is 0 Å². The van der Waals surface area contributed by atoms with Gasteiger partial charge in [-0.15, -0.1) is 0 Å². The van der Waals surface area contributed by atoms with Crippen LogP contribution in [-0.4, -0.2) is 30.6 Å². The normalized spacial score (nSPS) is 15.1. The molecule has 0 aliphatic carbocycles. The van der Waals surface area contributed by atoms with Crippen molar-refractivity contribution in [2.24, 2.45) is 0 Å². The Bertz CT molecular complexity index is 562. The van der Waals surface area contributed by atoms with Crippen molar-refractivity contribution in [3.8, 4) is 0 Å². The molecule has 0 bridgehead atoms. The largest absolute Gasteiger partial charge is 0.507 e. The lowest BCUT2D eigenvalue weighted by molar-refractivity contribution is -0.137. The third-order valence-corrected chi connectivity index (χ3v) is 3.11. The van der Waals surface area contributed by atoms with Crippen LogP contribution in [0.1, 0.15) is 18.9 Å². The predicted octanol–water partition coefficient (Wildman–Crippen LogP) is 1.89. The van der Waals surface area contributed by atoms with E-state index >= 15 is 0 Å². The number of anilines is 1. The molecule has 1 heterocycles. The van der Waals surface area contributed by atoms with Gasteiger partial charge in [0.1, 0.15) is 5.76 Å². The van der Waals surface area contributed by atoms with Gasteiger partial charge in [0, 0.05) is 12.1 Å². The summed E-state index contributed by atoms with van der Waals surface area (Å²) in [5.41, 5.74) is 1.07. The number of hydrogen-bond acceptors (Lipinski definition) is 4. The van der Waals surface area contributed by atoms with E-state index in [0.29, 0.717) is 17.8 Å². The van der Waals surface area contributed by atoms with Crippen molar-refractivity contribution in [1.29, 1.82) is 0 Å². The first kappa shape index (κ1) is 13.1. The summed E-state index contributed by atoms with van der Waals surface area (Å²) < 4.78 is 4.62. The third-order valence-electron chi connectivity index (χ3n) is 3.11. The van der Waals surface area contributed by atoms with Crippen molar-refractivity contribution in [3.05, 3.63) is 35.4 Å². The molecule has 1 amide bonds. The van der Waals surface area contributed by atoms with Crippen LogP contribution in [0.3, 0.4) is 0 Å². The fourth-order valence-electron chi connectivity index (χ4n) is 2.18. The second-order valence-electron chi connectivity index (χ2n) is 4.15. The second kappa shape index (κ2) is 5.14. The highest BCUT2D eigenvalue weighted by Gasteiger charge is 2.29. The minimum atomic E-state index is -0.682. The maximum atomic E-state index is 12.2. The number of benzene rings is 1. The Balaban J connectivity index is 2.64. The highest BCUT2D eigenvalue weighted by molar-refractivity contribution is 6.09. The monoisotopic (exact) mass is 261 g/mol. The molecule has 0 fully saturated rings. The number of amides is 1.